The van der Waals surface area contributed by atoms with Crippen LogP contribution in [0.5, 0.6) is 0 Å². The normalized spacial score (nSPS) is 16.6. The highest BCUT2D eigenvalue weighted by atomic mass is 16.3. The molecule has 0 fully saturated rings. The molecule has 18 heavy (non-hydrogen) atoms. The van der Waals surface area contributed by atoms with Crippen LogP contribution in [-0.4, -0.2) is 10.9 Å². The van der Waals surface area contributed by atoms with Crippen molar-refractivity contribution in [1.29, 1.82) is 0 Å². The number of aliphatic hydroxyl groups excluding tert-OH is 1. The second kappa shape index (κ2) is 4.15. The average Bonchev–Trinajstić information content (AvgIpc) is 2.77. The van der Waals surface area contributed by atoms with Gasteiger partial charge in [-0.1, -0.05) is 54.6 Å². The first kappa shape index (κ1) is 10.8. The summed E-state index contributed by atoms with van der Waals surface area (Å²) in [4.78, 5) is 12.2. The van der Waals surface area contributed by atoms with Gasteiger partial charge in [0, 0.05) is 23.1 Å². The molecule has 2 nitrogen and oxygen atoms in total. The molecule has 1 aliphatic rings. The molecule has 0 saturated carbocycles. The van der Waals surface area contributed by atoms with Crippen molar-refractivity contribution in [3.05, 3.63) is 76.9 Å². The maximum absolute atomic E-state index is 12.2. The smallest absolute Gasteiger partial charge is 0.193 e. The maximum atomic E-state index is 12.2. The summed E-state index contributed by atoms with van der Waals surface area (Å²) in [6.07, 6.45) is 0.510. The Bertz CT molecular complexity index is 639. The highest BCUT2D eigenvalue weighted by molar-refractivity contribution is 6.16. The van der Waals surface area contributed by atoms with Gasteiger partial charge in [-0.05, 0) is 5.56 Å². The Morgan fingerprint density at radius 3 is 2.33 bits per heavy atom. The minimum absolute atomic E-state index is 0.0630. The molecule has 0 atom stereocenters. The van der Waals surface area contributed by atoms with Crippen molar-refractivity contribution < 1.29 is 9.90 Å². The second-order valence-electron chi connectivity index (χ2n) is 4.36. The standard InChI is InChI=1S/C16H12O2/c17-15(11-6-2-1-3-7-11)14-10-12-8-4-5-9-13(12)16(14)18/h1-9,17H,10H2/b15-14-. The van der Waals surface area contributed by atoms with Crippen LogP contribution in [0, 0.1) is 0 Å². The molecule has 0 amide bonds. The first-order valence-corrected chi connectivity index (χ1v) is 5.87. The van der Waals surface area contributed by atoms with Gasteiger partial charge < -0.3 is 5.11 Å². The highest BCUT2D eigenvalue weighted by Crippen LogP contribution is 2.30. The van der Waals surface area contributed by atoms with Crippen molar-refractivity contribution in [3.63, 3.8) is 0 Å². The summed E-state index contributed by atoms with van der Waals surface area (Å²) in [7, 11) is 0. The number of carbonyl (C=O) groups is 1. The van der Waals surface area contributed by atoms with E-state index in [0.29, 0.717) is 23.1 Å². The molecule has 0 aliphatic heterocycles. The largest absolute Gasteiger partial charge is 0.507 e. The van der Waals surface area contributed by atoms with Crippen LogP contribution in [0.15, 0.2) is 60.2 Å². The zero-order valence-corrected chi connectivity index (χ0v) is 9.76. The quantitative estimate of drug-likeness (QED) is 0.608. The molecule has 2 aromatic rings. The Hall–Kier alpha value is -2.35. The van der Waals surface area contributed by atoms with Crippen molar-refractivity contribution >= 4 is 11.5 Å². The van der Waals surface area contributed by atoms with E-state index in [-0.39, 0.29) is 11.5 Å². The lowest BCUT2D eigenvalue weighted by atomic mass is 10.1. The van der Waals surface area contributed by atoms with E-state index in [1.165, 1.54) is 0 Å². The maximum Gasteiger partial charge on any atom is 0.193 e. The van der Waals surface area contributed by atoms with Gasteiger partial charge in [-0.2, -0.15) is 0 Å². The minimum Gasteiger partial charge on any atom is -0.507 e. The number of carbonyl (C=O) groups excluding carboxylic acids is 1. The van der Waals surface area contributed by atoms with Crippen LogP contribution in [0.25, 0.3) is 5.76 Å². The van der Waals surface area contributed by atoms with Crippen molar-refractivity contribution in [2.45, 2.75) is 6.42 Å². The molecule has 0 bridgehead atoms. The fourth-order valence-corrected chi connectivity index (χ4v) is 2.29. The van der Waals surface area contributed by atoms with Crippen LogP contribution >= 0.6 is 0 Å². The SMILES string of the molecule is O=C1/C(=C(\O)c2ccccc2)Cc2ccccc21. The van der Waals surface area contributed by atoms with E-state index in [2.05, 4.69) is 0 Å². The predicted molar refractivity (Wildman–Crippen MR) is 70.5 cm³/mol. The zero-order valence-electron chi connectivity index (χ0n) is 9.76. The average molecular weight is 236 g/mol. The van der Waals surface area contributed by atoms with Gasteiger partial charge in [0.1, 0.15) is 5.76 Å². The number of Topliss-reactive ketones (excluding diaryl/α,β-unsaturated/α-hetero) is 1. The summed E-state index contributed by atoms with van der Waals surface area (Å²) in [6, 6.07) is 16.7. The summed E-state index contributed by atoms with van der Waals surface area (Å²) >= 11 is 0. The van der Waals surface area contributed by atoms with Gasteiger partial charge in [0.15, 0.2) is 5.78 Å². The number of rotatable bonds is 1. The van der Waals surface area contributed by atoms with E-state index in [9.17, 15) is 9.90 Å². The van der Waals surface area contributed by atoms with Gasteiger partial charge in [0.2, 0.25) is 0 Å². The summed E-state index contributed by atoms with van der Waals surface area (Å²) in [5, 5.41) is 10.2. The Morgan fingerprint density at radius 2 is 1.61 bits per heavy atom. The lowest BCUT2D eigenvalue weighted by molar-refractivity contribution is 0.103. The number of hydrogen-bond acceptors (Lipinski definition) is 2. The summed E-state index contributed by atoms with van der Waals surface area (Å²) in [5.74, 6) is 0.0313. The van der Waals surface area contributed by atoms with E-state index in [4.69, 9.17) is 0 Å². The van der Waals surface area contributed by atoms with Crippen molar-refractivity contribution in [1.82, 2.24) is 0 Å². The molecule has 1 N–H and O–H groups in total. The molecule has 2 heteroatoms. The third-order valence-corrected chi connectivity index (χ3v) is 3.24. The third-order valence-electron chi connectivity index (χ3n) is 3.24. The van der Waals surface area contributed by atoms with Crippen molar-refractivity contribution in [2.24, 2.45) is 0 Å². The number of benzene rings is 2. The predicted octanol–water partition coefficient (Wildman–Crippen LogP) is 3.39. The van der Waals surface area contributed by atoms with Gasteiger partial charge in [-0.3, -0.25) is 4.79 Å². The van der Waals surface area contributed by atoms with Crippen molar-refractivity contribution in [2.75, 3.05) is 0 Å². The van der Waals surface area contributed by atoms with Crippen LogP contribution in [0.2, 0.25) is 0 Å². The Labute approximate surface area is 105 Å². The Kier molecular flexibility index (Phi) is 2.49. The van der Waals surface area contributed by atoms with Crippen molar-refractivity contribution in [3.8, 4) is 0 Å². The second-order valence-corrected chi connectivity index (χ2v) is 4.36. The third kappa shape index (κ3) is 1.63. The van der Waals surface area contributed by atoms with Crippen LogP contribution in [0.1, 0.15) is 21.5 Å². The number of hydrogen-bond donors (Lipinski definition) is 1. The molecule has 0 spiro atoms. The van der Waals surface area contributed by atoms with Gasteiger partial charge >= 0.3 is 0 Å². The Morgan fingerprint density at radius 1 is 0.944 bits per heavy atom. The van der Waals surface area contributed by atoms with Gasteiger partial charge in [0.25, 0.3) is 0 Å². The molecule has 1 aliphatic carbocycles. The van der Waals surface area contributed by atoms with Crippen LogP contribution in [-0.2, 0) is 6.42 Å². The number of ketones is 1. The zero-order chi connectivity index (χ0) is 12.5. The summed E-state index contributed by atoms with van der Waals surface area (Å²) < 4.78 is 0. The van der Waals surface area contributed by atoms with E-state index in [1.807, 2.05) is 42.5 Å². The molecule has 3 rings (SSSR count). The lowest BCUT2D eigenvalue weighted by Crippen LogP contribution is -1.99. The van der Waals surface area contributed by atoms with Crippen LogP contribution in [0.3, 0.4) is 0 Å². The Balaban J connectivity index is 2.09. The van der Waals surface area contributed by atoms with Crippen LogP contribution < -0.4 is 0 Å². The van der Waals surface area contributed by atoms with E-state index < -0.39 is 0 Å². The van der Waals surface area contributed by atoms with Gasteiger partial charge in [-0.25, -0.2) is 0 Å². The topological polar surface area (TPSA) is 37.3 Å². The van der Waals surface area contributed by atoms with E-state index in [0.717, 1.165) is 5.56 Å². The first-order chi connectivity index (χ1) is 8.77. The summed E-state index contributed by atoms with van der Waals surface area (Å²) in [5.41, 5.74) is 2.87. The fourth-order valence-electron chi connectivity index (χ4n) is 2.29. The molecule has 0 aromatic heterocycles. The van der Waals surface area contributed by atoms with E-state index in [1.54, 1.807) is 12.1 Å². The lowest BCUT2D eigenvalue weighted by Gasteiger charge is -2.03. The summed E-state index contributed by atoms with van der Waals surface area (Å²) in [6.45, 7) is 0. The number of fused-ring (bicyclic) bond motifs is 1. The van der Waals surface area contributed by atoms with Gasteiger partial charge in [-0.15, -0.1) is 0 Å². The highest BCUT2D eigenvalue weighted by Gasteiger charge is 2.27. The van der Waals surface area contributed by atoms with Crippen LogP contribution in [0.4, 0.5) is 0 Å². The molecule has 2 aromatic carbocycles. The molecule has 0 radical (unpaired) electrons. The molecule has 88 valence electrons. The number of allylic oxidation sites excluding steroid dienone is 1. The number of aliphatic hydroxyl groups is 1. The first-order valence-electron chi connectivity index (χ1n) is 5.87. The minimum atomic E-state index is -0.0630. The molecule has 0 heterocycles. The molecule has 0 saturated heterocycles. The van der Waals surface area contributed by atoms with Gasteiger partial charge in [0.05, 0.1) is 0 Å². The molecular weight excluding hydrogens is 224 g/mol. The fraction of sp³-hybridized carbons (Fsp3) is 0.0625. The van der Waals surface area contributed by atoms with E-state index >= 15 is 0 Å². The monoisotopic (exact) mass is 236 g/mol. The molecule has 0 unspecified atom stereocenters. The molecular formula is C16H12O2.